The van der Waals surface area contributed by atoms with E-state index in [1.54, 1.807) is 0 Å². The van der Waals surface area contributed by atoms with E-state index in [9.17, 15) is 18.4 Å². The van der Waals surface area contributed by atoms with Gasteiger partial charge in [-0.3, -0.25) is 0 Å². The number of alkyl carbamates (subject to hydrolysis) is 2. The molecule has 0 unspecified atom stereocenters. The summed E-state index contributed by atoms with van der Waals surface area (Å²) < 4.78 is 39.7. The number of cyclic esters (lactones) is 2. The third-order valence-corrected chi connectivity index (χ3v) is 8.43. The lowest BCUT2D eigenvalue weighted by molar-refractivity contribution is 0.130. The second-order valence-electron chi connectivity index (χ2n) is 12.1. The van der Waals surface area contributed by atoms with Gasteiger partial charge in [-0.2, -0.15) is 0 Å². The van der Waals surface area contributed by atoms with Crippen LogP contribution in [0.1, 0.15) is 69.3 Å². The minimum absolute atomic E-state index is 0.106. The lowest BCUT2D eigenvalue weighted by Gasteiger charge is -2.17. The number of hydrogen-bond acceptors (Lipinski definition) is 6. The van der Waals surface area contributed by atoms with Crippen LogP contribution in [0.5, 0.6) is 0 Å². The fourth-order valence-electron chi connectivity index (χ4n) is 5.88. The Morgan fingerprint density at radius 3 is 1.19 bits per heavy atom. The lowest BCUT2D eigenvalue weighted by Crippen LogP contribution is -2.22. The number of nitrogens with one attached hydrogen (secondary N) is 2. The molecule has 2 amide bonds. The molecule has 8 nitrogen and oxygen atoms in total. The molecule has 0 spiro atoms. The van der Waals surface area contributed by atoms with Gasteiger partial charge in [0.05, 0.1) is 0 Å². The Morgan fingerprint density at radius 1 is 0.463 bits per heavy atom. The summed E-state index contributed by atoms with van der Waals surface area (Å²) in [6, 6.07) is 41.5. The molecule has 4 atom stereocenters. The van der Waals surface area contributed by atoms with Crippen LogP contribution in [0, 0.1) is 35.3 Å². The van der Waals surface area contributed by atoms with Gasteiger partial charge in [0.15, 0.2) is 12.2 Å². The summed E-state index contributed by atoms with van der Waals surface area (Å²) in [5.41, 5.74) is 4.26. The number of ether oxygens (including phenoxy) is 2. The molecule has 2 fully saturated rings. The minimum atomic E-state index is -0.724. The Labute approximate surface area is 310 Å². The topological polar surface area (TPSA) is 102 Å². The van der Waals surface area contributed by atoms with Gasteiger partial charge in [-0.1, -0.05) is 109 Å². The van der Waals surface area contributed by atoms with E-state index in [0.717, 1.165) is 22.3 Å². The molecule has 0 bridgehead atoms. The van der Waals surface area contributed by atoms with E-state index in [-0.39, 0.29) is 11.4 Å². The number of aromatic nitrogens is 2. The van der Waals surface area contributed by atoms with E-state index < -0.39 is 48.1 Å². The van der Waals surface area contributed by atoms with Gasteiger partial charge in [0.2, 0.25) is 0 Å². The number of nitrogens with zero attached hydrogens (tertiary/aromatic N) is 2. The Bertz CT molecular complexity index is 2220. The van der Waals surface area contributed by atoms with Crippen LogP contribution in [0.4, 0.5) is 18.4 Å². The number of pyridine rings is 2. The third kappa shape index (κ3) is 8.42. The Morgan fingerprint density at radius 2 is 0.815 bits per heavy atom. The van der Waals surface area contributed by atoms with Gasteiger partial charge in [0.25, 0.3) is 0 Å². The molecular formula is C44H30F2N4O4. The highest BCUT2D eigenvalue weighted by molar-refractivity contribution is 5.71. The first kappa shape index (κ1) is 35.1. The van der Waals surface area contributed by atoms with E-state index in [0.29, 0.717) is 11.4 Å². The molecule has 8 rings (SSSR count). The average Bonchev–Trinajstić information content (AvgIpc) is 3.81. The molecule has 264 valence electrons. The van der Waals surface area contributed by atoms with Crippen molar-refractivity contribution in [3.8, 4) is 23.7 Å². The molecule has 6 aromatic rings. The molecule has 4 aromatic carbocycles. The molecule has 0 aliphatic carbocycles. The van der Waals surface area contributed by atoms with Crippen molar-refractivity contribution in [3.63, 3.8) is 0 Å². The molecule has 54 heavy (non-hydrogen) atoms. The fourth-order valence-corrected chi connectivity index (χ4v) is 5.88. The zero-order valence-electron chi connectivity index (χ0n) is 28.4. The number of hydrogen-bond donors (Lipinski definition) is 2. The maximum absolute atomic E-state index is 14.5. The summed E-state index contributed by atoms with van der Waals surface area (Å²) in [7, 11) is 0. The minimum Gasteiger partial charge on any atom is -0.439 e. The maximum Gasteiger partial charge on any atom is 0.408 e. The predicted octanol–water partition coefficient (Wildman–Crippen LogP) is 8.29. The van der Waals surface area contributed by atoms with Crippen molar-refractivity contribution < 1.29 is 27.8 Å². The monoisotopic (exact) mass is 716 g/mol. The van der Waals surface area contributed by atoms with E-state index in [4.69, 9.17) is 9.47 Å². The normalized spacial score (nSPS) is 18.2. The standard InChI is InChI=1S/2C22H15FN2O2/c2*23-18-14-13-17(12-11-15-7-3-1-4-8-15)24-19(18)20-21(27-22(26)25-20)16-9-5-2-6-10-16/h2*1-10,13-14,20-21H,(H,25,26)/t2*20-,21-/m10/s1. The highest BCUT2D eigenvalue weighted by atomic mass is 19.1. The zero-order valence-corrected chi connectivity index (χ0v) is 28.4. The predicted molar refractivity (Wildman–Crippen MR) is 196 cm³/mol. The summed E-state index contributed by atoms with van der Waals surface area (Å²) in [6.07, 6.45) is -2.51. The second-order valence-corrected chi connectivity index (χ2v) is 12.1. The van der Waals surface area contributed by atoms with Crippen LogP contribution in [-0.4, -0.2) is 22.2 Å². The van der Waals surface area contributed by atoms with Gasteiger partial charge in [-0.05, 0) is 71.5 Å². The van der Waals surface area contributed by atoms with Crippen molar-refractivity contribution in [2.24, 2.45) is 0 Å². The van der Waals surface area contributed by atoms with Crippen molar-refractivity contribution >= 4 is 12.2 Å². The van der Waals surface area contributed by atoms with Gasteiger partial charge >= 0.3 is 12.2 Å². The molecule has 2 aliphatic rings. The van der Waals surface area contributed by atoms with Gasteiger partial charge in [0.1, 0.15) is 46.5 Å². The van der Waals surface area contributed by atoms with Crippen LogP contribution in [0.15, 0.2) is 146 Å². The first-order valence-electron chi connectivity index (χ1n) is 16.9. The Hall–Kier alpha value is -7.30. The molecule has 2 aliphatic heterocycles. The fraction of sp³-hybridized carbons (Fsp3) is 0.0909. The number of carbonyl (C=O) groups is 2. The van der Waals surface area contributed by atoms with Crippen molar-refractivity contribution in [2.75, 3.05) is 0 Å². The zero-order chi connectivity index (χ0) is 37.3. The molecule has 2 aromatic heterocycles. The van der Waals surface area contributed by atoms with Gasteiger partial charge in [0, 0.05) is 11.1 Å². The highest BCUT2D eigenvalue weighted by Crippen LogP contribution is 2.38. The number of amides is 2. The van der Waals surface area contributed by atoms with Gasteiger partial charge < -0.3 is 20.1 Å². The van der Waals surface area contributed by atoms with Crippen LogP contribution >= 0.6 is 0 Å². The number of rotatable bonds is 4. The van der Waals surface area contributed by atoms with Crippen LogP contribution < -0.4 is 10.6 Å². The van der Waals surface area contributed by atoms with Crippen molar-refractivity contribution in [2.45, 2.75) is 24.3 Å². The molecule has 0 radical (unpaired) electrons. The molecule has 0 saturated carbocycles. The Balaban J connectivity index is 0.000000167. The Kier molecular flexibility index (Phi) is 10.6. The highest BCUT2D eigenvalue weighted by Gasteiger charge is 2.40. The van der Waals surface area contributed by atoms with Crippen LogP contribution in [0.3, 0.4) is 0 Å². The van der Waals surface area contributed by atoms with E-state index in [2.05, 4.69) is 44.3 Å². The molecule has 10 heteroatoms. The van der Waals surface area contributed by atoms with Crippen LogP contribution in [0.2, 0.25) is 0 Å². The van der Waals surface area contributed by atoms with E-state index in [1.807, 2.05) is 121 Å². The molecule has 2 N–H and O–H groups in total. The number of halogens is 2. The summed E-state index contributed by atoms with van der Waals surface area (Å²) in [5.74, 6) is 10.8. The van der Waals surface area contributed by atoms with Gasteiger partial charge in [-0.25, -0.2) is 28.3 Å². The van der Waals surface area contributed by atoms with Gasteiger partial charge in [-0.15, -0.1) is 0 Å². The average molecular weight is 717 g/mol. The summed E-state index contributed by atoms with van der Waals surface area (Å²) >= 11 is 0. The largest absolute Gasteiger partial charge is 0.439 e. The first-order valence-corrected chi connectivity index (χ1v) is 16.9. The molecule has 2 saturated heterocycles. The SMILES string of the molecule is O=C1N[C@@H](c2nc(C#Cc3ccccc3)ccc2F)[C@H](c2ccccc2)O1.O=C1N[C@H](c2nc(C#Cc3ccccc3)ccc2F)[C@@H](c2ccccc2)O1. The first-order chi connectivity index (χ1) is 26.4. The second kappa shape index (κ2) is 16.4. The smallest absolute Gasteiger partial charge is 0.408 e. The van der Waals surface area contributed by atoms with Crippen molar-refractivity contribution in [1.29, 1.82) is 0 Å². The van der Waals surface area contributed by atoms with E-state index >= 15 is 0 Å². The lowest BCUT2D eigenvalue weighted by atomic mass is 9.99. The van der Waals surface area contributed by atoms with Crippen LogP contribution in [0.25, 0.3) is 0 Å². The number of benzene rings is 4. The van der Waals surface area contributed by atoms with Crippen molar-refractivity contribution in [3.05, 3.63) is 202 Å². The van der Waals surface area contributed by atoms with Crippen molar-refractivity contribution in [1.82, 2.24) is 20.6 Å². The maximum atomic E-state index is 14.5. The van der Waals surface area contributed by atoms with Crippen LogP contribution in [-0.2, 0) is 9.47 Å². The molecular weight excluding hydrogens is 687 g/mol. The quantitative estimate of drug-likeness (QED) is 0.178. The summed E-state index contributed by atoms with van der Waals surface area (Å²) in [5, 5.41) is 5.30. The number of carbonyl (C=O) groups excluding carboxylic acids is 2. The summed E-state index contributed by atoms with van der Waals surface area (Å²) in [4.78, 5) is 32.3. The third-order valence-electron chi connectivity index (χ3n) is 8.43. The molecule has 4 heterocycles. The summed E-state index contributed by atoms with van der Waals surface area (Å²) in [6.45, 7) is 0. The van der Waals surface area contributed by atoms with E-state index in [1.165, 1.54) is 24.3 Å².